The van der Waals surface area contributed by atoms with Crippen LogP contribution in [-0.2, 0) is 4.79 Å². The summed E-state index contributed by atoms with van der Waals surface area (Å²) in [5.74, 6) is 0.903. The van der Waals surface area contributed by atoms with Gasteiger partial charge in [0.25, 0.3) is 0 Å². The molecule has 0 aromatic carbocycles. The molecule has 0 aliphatic heterocycles. The molecule has 16 heavy (non-hydrogen) atoms. The first-order valence-corrected chi connectivity index (χ1v) is 6.65. The number of amides is 1. The molecule has 0 heterocycles. The fraction of sp³-hybridized carbons (Fsp3) is 0.923. The minimum atomic E-state index is -0.635. The van der Waals surface area contributed by atoms with Crippen molar-refractivity contribution in [2.75, 3.05) is 13.1 Å². The molecule has 1 amide bonds. The average Bonchev–Trinajstić information content (AvgIpc) is 3.10. The first-order chi connectivity index (χ1) is 7.57. The Kier molecular flexibility index (Phi) is 4.78. The van der Waals surface area contributed by atoms with Crippen LogP contribution in [0.5, 0.6) is 0 Å². The van der Waals surface area contributed by atoms with Crippen LogP contribution in [0.4, 0.5) is 0 Å². The molecule has 0 aromatic heterocycles. The molecule has 1 fully saturated rings. The highest BCUT2D eigenvalue weighted by Crippen LogP contribution is 2.30. The second-order valence-electron chi connectivity index (χ2n) is 5.06. The van der Waals surface area contributed by atoms with Crippen LogP contribution in [0.3, 0.4) is 0 Å². The molecule has 0 spiro atoms. The predicted octanol–water partition coefficient (Wildman–Crippen LogP) is 2.15. The Morgan fingerprint density at radius 3 is 2.25 bits per heavy atom. The number of hydrogen-bond donors (Lipinski definition) is 1. The summed E-state index contributed by atoms with van der Waals surface area (Å²) in [4.78, 5) is 14.4. The summed E-state index contributed by atoms with van der Waals surface area (Å²) in [6, 6.07) is 0. The molecule has 3 nitrogen and oxygen atoms in total. The van der Waals surface area contributed by atoms with Crippen LogP contribution in [0.1, 0.15) is 52.9 Å². The van der Waals surface area contributed by atoms with E-state index in [2.05, 4.69) is 6.92 Å². The van der Waals surface area contributed by atoms with Gasteiger partial charge in [0, 0.05) is 13.1 Å². The van der Waals surface area contributed by atoms with E-state index in [4.69, 9.17) is 5.73 Å². The zero-order valence-electron chi connectivity index (χ0n) is 11.0. The lowest BCUT2D eigenvalue weighted by Crippen LogP contribution is -2.55. The van der Waals surface area contributed by atoms with E-state index in [9.17, 15) is 4.79 Å². The third kappa shape index (κ3) is 3.21. The summed E-state index contributed by atoms with van der Waals surface area (Å²) in [7, 11) is 0. The molecule has 0 radical (unpaired) electrons. The van der Waals surface area contributed by atoms with Crippen molar-refractivity contribution >= 4 is 5.91 Å². The van der Waals surface area contributed by atoms with Gasteiger partial charge in [-0.05, 0) is 38.0 Å². The number of carbonyl (C=O) groups excluding carboxylic acids is 1. The molecule has 0 bridgehead atoms. The van der Waals surface area contributed by atoms with Crippen LogP contribution >= 0.6 is 0 Å². The van der Waals surface area contributed by atoms with E-state index in [1.807, 2.05) is 18.7 Å². The molecule has 2 N–H and O–H groups in total. The molecule has 0 saturated heterocycles. The van der Waals surface area contributed by atoms with E-state index in [-0.39, 0.29) is 5.91 Å². The van der Waals surface area contributed by atoms with Crippen molar-refractivity contribution in [3.05, 3.63) is 0 Å². The largest absolute Gasteiger partial charge is 0.341 e. The minimum Gasteiger partial charge on any atom is -0.341 e. The summed E-state index contributed by atoms with van der Waals surface area (Å²) in [5.41, 5.74) is 5.54. The molecule has 0 unspecified atom stereocenters. The second-order valence-corrected chi connectivity index (χ2v) is 5.06. The van der Waals surface area contributed by atoms with Gasteiger partial charge in [0.1, 0.15) is 0 Å². The van der Waals surface area contributed by atoms with Crippen molar-refractivity contribution in [1.29, 1.82) is 0 Å². The Bertz CT molecular complexity index is 232. The van der Waals surface area contributed by atoms with E-state index in [0.717, 1.165) is 38.3 Å². The number of carbonyl (C=O) groups is 1. The van der Waals surface area contributed by atoms with Crippen LogP contribution in [0.15, 0.2) is 0 Å². The van der Waals surface area contributed by atoms with Gasteiger partial charge in [-0.25, -0.2) is 0 Å². The van der Waals surface area contributed by atoms with E-state index in [1.54, 1.807) is 0 Å². The topological polar surface area (TPSA) is 46.3 Å². The standard InChI is InChI=1S/C13H26N2O/c1-4-9-15(10-11-7-8-11)12(16)13(14,5-2)6-3/h11H,4-10,14H2,1-3H3. The third-order valence-corrected chi connectivity index (χ3v) is 3.64. The van der Waals surface area contributed by atoms with Gasteiger partial charge < -0.3 is 10.6 Å². The monoisotopic (exact) mass is 226 g/mol. The van der Waals surface area contributed by atoms with Gasteiger partial charge in [-0.1, -0.05) is 20.8 Å². The van der Waals surface area contributed by atoms with Crippen molar-refractivity contribution in [3.8, 4) is 0 Å². The number of hydrogen-bond acceptors (Lipinski definition) is 2. The van der Waals surface area contributed by atoms with Crippen LogP contribution in [0.2, 0.25) is 0 Å². The van der Waals surface area contributed by atoms with E-state index >= 15 is 0 Å². The minimum absolute atomic E-state index is 0.159. The Morgan fingerprint density at radius 2 is 1.88 bits per heavy atom. The Hall–Kier alpha value is -0.570. The van der Waals surface area contributed by atoms with Crippen LogP contribution in [-0.4, -0.2) is 29.4 Å². The SMILES string of the molecule is CCCN(CC1CC1)C(=O)C(N)(CC)CC. The van der Waals surface area contributed by atoms with Crippen LogP contribution in [0.25, 0.3) is 0 Å². The van der Waals surface area contributed by atoms with Crippen LogP contribution in [0, 0.1) is 5.92 Å². The molecule has 0 atom stereocenters. The van der Waals surface area contributed by atoms with Crippen LogP contribution < -0.4 is 5.73 Å². The quantitative estimate of drug-likeness (QED) is 0.723. The van der Waals surface area contributed by atoms with E-state index in [0.29, 0.717) is 0 Å². The number of rotatable bonds is 7. The lowest BCUT2D eigenvalue weighted by atomic mass is 9.92. The van der Waals surface area contributed by atoms with Gasteiger partial charge in [0.2, 0.25) is 5.91 Å². The highest BCUT2D eigenvalue weighted by Gasteiger charge is 2.36. The molecular weight excluding hydrogens is 200 g/mol. The molecule has 3 heteroatoms. The van der Waals surface area contributed by atoms with Gasteiger partial charge in [0.05, 0.1) is 5.54 Å². The maximum absolute atomic E-state index is 12.4. The second kappa shape index (κ2) is 5.67. The van der Waals surface area contributed by atoms with Gasteiger partial charge in [-0.3, -0.25) is 4.79 Å². The summed E-state index contributed by atoms with van der Waals surface area (Å²) < 4.78 is 0. The summed E-state index contributed by atoms with van der Waals surface area (Å²) >= 11 is 0. The zero-order chi connectivity index (χ0) is 12.2. The van der Waals surface area contributed by atoms with Gasteiger partial charge in [-0.2, -0.15) is 0 Å². The number of nitrogens with two attached hydrogens (primary N) is 1. The van der Waals surface area contributed by atoms with Gasteiger partial charge in [-0.15, -0.1) is 0 Å². The molecule has 1 aliphatic rings. The fourth-order valence-electron chi connectivity index (χ4n) is 2.03. The fourth-order valence-corrected chi connectivity index (χ4v) is 2.03. The van der Waals surface area contributed by atoms with Crippen molar-refractivity contribution in [2.24, 2.45) is 11.7 Å². The molecule has 0 aromatic rings. The third-order valence-electron chi connectivity index (χ3n) is 3.64. The lowest BCUT2D eigenvalue weighted by molar-refractivity contribution is -0.137. The molecule has 1 aliphatic carbocycles. The molecule has 1 rings (SSSR count). The normalized spacial score (nSPS) is 16.2. The van der Waals surface area contributed by atoms with E-state index in [1.165, 1.54) is 12.8 Å². The molecular formula is C13H26N2O. The van der Waals surface area contributed by atoms with Crippen molar-refractivity contribution in [2.45, 2.75) is 58.4 Å². The highest BCUT2D eigenvalue weighted by molar-refractivity contribution is 5.86. The molecule has 94 valence electrons. The summed E-state index contributed by atoms with van der Waals surface area (Å²) in [6.07, 6.45) is 5.04. The number of nitrogens with zero attached hydrogens (tertiary/aromatic N) is 1. The Morgan fingerprint density at radius 1 is 1.31 bits per heavy atom. The first kappa shape index (κ1) is 13.5. The zero-order valence-corrected chi connectivity index (χ0v) is 11.0. The Balaban J connectivity index is 2.63. The highest BCUT2D eigenvalue weighted by atomic mass is 16.2. The smallest absolute Gasteiger partial charge is 0.242 e. The Labute approximate surface area is 99.4 Å². The summed E-state index contributed by atoms with van der Waals surface area (Å²) in [5, 5.41) is 0. The van der Waals surface area contributed by atoms with Crippen molar-refractivity contribution < 1.29 is 4.79 Å². The van der Waals surface area contributed by atoms with Crippen molar-refractivity contribution in [1.82, 2.24) is 4.90 Å². The first-order valence-electron chi connectivity index (χ1n) is 6.65. The van der Waals surface area contributed by atoms with Crippen molar-refractivity contribution in [3.63, 3.8) is 0 Å². The van der Waals surface area contributed by atoms with Gasteiger partial charge >= 0.3 is 0 Å². The average molecular weight is 226 g/mol. The van der Waals surface area contributed by atoms with E-state index < -0.39 is 5.54 Å². The predicted molar refractivity (Wildman–Crippen MR) is 67.1 cm³/mol. The summed E-state index contributed by atoms with van der Waals surface area (Å²) in [6.45, 7) is 7.90. The maximum Gasteiger partial charge on any atom is 0.242 e. The maximum atomic E-state index is 12.4. The van der Waals surface area contributed by atoms with Gasteiger partial charge in [0.15, 0.2) is 0 Å². The lowest BCUT2D eigenvalue weighted by Gasteiger charge is -2.33. The molecule has 1 saturated carbocycles.